The third kappa shape index (κ3) is 3.93. The maximum absolute atomic E-state index is 5.96. The Morgan fingerprint density at radius 1 is 1.42 bits per heavy atom. The van der Waals surface area contributed by atoms with Crippen molar-refractivity contribution in [3.8, 4) is 0 Å². The number of nitrogens with two attached hydrogens (primary N) is 1. The number of pyridine rings is 1. The highest BCUT2D eigenvalue weighted by atomic mass is 15.2. The van der Waals surface area contributed by atoms with Crippen molar-refractivity contribution in [2.75, 3.05) is 18.0 Å². The summed E-state index contributed by atoms with van der Waals surface area (Å²) in [6.07, 6.45) is 8.54. The van der Waals surface area contributed by atoms with Crippen molar-refractivity contribution in [1.82, 2.24) is 4.98 Å². The van der Waals surface area contributed by atoms with Gasteiger partial charge in [0, 0.05) is 25.3 Å². The minimum atomic E-state index is 0.0848. The van der Waals surface area contributed by atoms with Crippen LogP contribution in [-0.2, 0) is 0 Å². The molecule has 1 aromatic rings. The van der Waals surface area contributed by atoms with Gasteiger partial charge >= 0.3 is 0 Å². The lowest BCUT2D eigenvalue weighted by Gasteiger charge is -2.22. The van der Waals surface area contributed by atoms with E-state index in [4.69, 9.17) is 5.73 Å². The summed E-state index contributed by atoms with van der Waals surface area (Å²) in [4.78, 5) is 6.96. The first kappa shape index (κ1) is 14.3. The molecule has 0 radical (unpaired) electrons. The number of aromatic nitrogens is 1. The predicted molar refractivity (Wildman–Crippen MR) is 81.3 cm³/mol. The van der Waals surface area contributed by atoms with Crippen molar-refractivity contribution in [3.63, 3.8) is 0 Å². The molecule has 1 fully saturated rings. The van der Waals surface area contributed by atoms with Crippen LogP contribution in [0, 0.1) is 5.92 Å². The van der Waals surface area contributed by atoms with E-state index in [1.54, 1.807) is 0 Å². The summed E-state index contributed by atoms with van der Waals surface area (Å²) in [5.41, 5.74) is 7.14. The lowest BCUT2D eigenvalue weighted by molar-refractivity contribution is 0.435. The minimum Gasteiger partial charge on any atom is -0.357 e. The fourth-order valence-electron chi connectivity index (χ4n) is 2.98. The molecule has 2 heterocycles. The highest BCUT2D eigenvalue weighted by Gasteiger charge is 2.17. The van der Waals surface area contributed by atoms with Crippen molar-refractivity contribution < 1.29 is 0 Å². The lowest BCUT2D eigenvalue weighted by atomic mass is 9.96. The second kappa shape index (κ2) is 6.90. The van der Waals surface area contributed by atoms with Crippen LogP contribution in [-0.4, -0.2) is 18.1 Å². The topological polar surface area (TPSA) is 42.1 Å². The predicted octanol–water partition coefficient (Wildman–Crippen LogP) is 3.51. The molecule has 2 atom stereocenters. The first-order valence-electron chi connectivity index (χ1n) is 7.67. The number of nitrogens with zero attached hydrogens (tertiary/aromatic N) is 2. The average Bonchev–Trinajstić information content (AvgIpc) is 2.65. The summed E-state index contributed by atoms with van der Waals surface area (Å²) in [6.45, 7) is 6.59. The molecule has 0 amide bonds. The molecular weight excluding hydrogens is 234 g/mol. The largest absolute Gasteiger partial charge is 0.357 e. The van der Waals surface area contributed by atoms with Gasteiger partial charge in [0.15, 0.2) is 0 Å². The monoisotopic (exact) mass is 261 g/mol. The van der Waals surface area contributed by atoms with Crippen molar-refractivity contribution in [2.45, 2.75) is 52.0 Å². The number of hydrogen-bond acceptors (Lipinski definition) is 3. The Labute approximate surface area is 117 Å². The zero-order valence-electron chi connectivity index (χ0n) is 12.3. The smallest absolute Gasteiger partial charge is 0.128 e. The van der Waals surface area contributed by atoms with Crippen LogP contribution < -0.4 is 10.6 Å². The van der Waals surface area contributed by atoms with E-state index in [0.717, 1.165) is 24.8 Å². The number of hydrogen-bond donors (Lipinski definition) is 1. The van der Waals surface area contributed by atoms with Crippen molar-refractivity contribution in [1.29, 1.82) is 0 Å². The van der Waals surface area contributed by atoms with E-state index in [2.05, 4.69) is 22.9 Å². The van der Waals surface area contributed by atoms with E-state index in [1.807, 2.05) is 19.2 Å². The van der Waals surface area contributed by atoms with Crippen LogP contribution in [0.2, 0.25) is 0 Å². The van der Waals surface area contributed by atoms with Crippen LogP contribution in [0.5, 0.6) is 0 Å². The van der Waals surface area contributed by atoms with E-state index in [1.165, 1.54) is 37.7 Å². The fourth-order valence-corrected chi connectivity index (χ4v) is 2.98. The van der Waals surface area contributed by atoms with Gasteiger partial charge in [0.2, 0.25) is 0 Å². The summed E-state index contributed by atoms with van der Waals surface area (Å²) >= 11 is 0. The highest BCUT2D eigenvalue weighted by Crippen LogP contribution is 2.25. The molecule has 0 saturated carbocycles. The van der Waals surface area contributed by atoms with Gasteiger partial charge in [-0.05, 0) is 49.8 Å². The van der Waals surface area contributed by atoms with Crippen molar-refractivity contribution in [2.24, 2.45) is 11.7 Å². The molecule has 2 rings (SSSR count). The molecule has 0 aromatic carbocycles. The van der Waals surface area contributed by atoms with Crippen LogP contribution in [0.1, 0.15) is 57.6 Å². The van der Waals surface area contributed by atoms with Gasteiger partial charge in [0.25, 0.3) is 0 Å². The van der Waals surface area contributed by atoms with E-state index in [0.29, 0.717) is 0 Å². The Hall–Kier alpha value is -1.09. The Kier molecular flexibility index (Phi) is 5.20. The highest BCUT2D eigenvalue weighted by molar-refractivity contribution is 5.41. The molecule has 2 N–H and O–H groups in total. The molecule has 1 aliphatic heterocycles. The molecule has 0 bridgehead atoms. The Morgan fingerprint density at radius 2 is 2.26 bits per heavy atom. The fraction of sp³-hybridized carbons (Fsp3) is 0.688. The summed E-state index contributed by atoms with van der Waals surface area (Å²) in [5.74, 6) is 2.01. The van der Waals surface area contributed by atoms with Crippen LogP contribution >= 0.6 is 0 Å². The molecule has 2 unspecified atom stereocenters. The Morgan fingerprint density at radius 3 is 3.00 bits per heavy atom. The molecule has 106 valence electrons. The first-order chi connectivity index (χ1) is 9.20. The van der Waals surface area contributed by atoms with E-state index in [9.17, 15) is 0 Å². The van der Waals surface area contributed by atoms with Gasteiger partial charge in [-0.15, -0.1) is 0 Å². The molecule has 19 heavy (non-hydrogen) atoms. The minimum absolute atomic E-state index is 0.0848. The van der Waals surface area contributed by atoms with Gasteiger partial charge in [0.1, 0.15) is 5.82 Å². The van der Waals surface area contributed by atoms with Crippen LogP contribution in [0.25, 0.3) is 0 Å². The van der Waals surface area contributed by atoms with E-state index in [-0.39, 0.29) is 6.04 Å². The first-order valence-corrected chi connectivity index (χ1v) is 7.67. The second-order valence-corrected chi connectivity index (χ2v) is 5.81. The molecule has 1 saturated heterocycles. The number of anilines is 1. The second-order valence-electron chi connectivity index (χ2n) is 5.81. The number of rotatable bonds is 4. The molecule has 0 spiro atoms. The van der Waals surface area contributed by atoms with Crippen LogP contribution in [0.3, 0.4) is 0 Å². The van der Waals surface area contributed by atoms with Gasteiger partial charge in [-0.25, -0.2) is 4.98 Å². The lowest BCUT2D eigenvalue weighted by Crippen LogP contribution is -2.25. The van der Waals surface area contributed by atoms with Gasteiger partial charge in [-0.2, -0.15) is 0 Å². The summed E-state index contributed by atoms with van der Waals surface area (Å²) < 4.78 is 0. The molecule has 1 aromatic heterocycles. The zero-order valence-corrected chi connectivity index (χ0v) is 12.3. The van der Waals surface area contributed by atoms with Gasteiger partial charge < -0.3 is 10.6 Å². The average molecular weight is 261 g/mol. The maximum Gasteiger partial charge on any atom is 0.128 e. The molecule has 1 aliphatic rings. The van der Waals surface area contributed by atoms with Crippen molar-refractivity contribution in [3.05, 3.63) is 23.9 Å². The quantitative estimate of drug-likeness (QED) is 0.902. The SMILES string of the molecule is CCCC1CCCN(c2cc(C(C)N)ccn2)CC1. The van der Waals surface area contributed by atoms with Gasteiger partial charge in [-0.1, -0.05) is 19.8 Å². The van der Waals surface area contributed by atoms with Gasteiger partial charge in [0.05, 0.1) is 0 Å². The third-order valence-corrected chi connectivity index (χ3v) is 4.16. The molecular formula is C16H27N3. The summed E-state index contributed by atoms with van der Waals surface area (Å²) in [5, 5.41) is 0. The van der Waals surface area contributed by atoms with Crippen LogP contribution in [0.15, 0.2) is 18.3 Å². The molecule has 3 nitrogen and oxygen atoms in total. The molecule has 0 aliphatic carbocycles. The third-order valence-electron chi connectivity index (χ3n) is 4.16. The summed E-state index contributed by atoms with van der Waals surface area (Å²) in [7, 11) is 0. The Bertz CT molecular complexity index is 389. The van der Waals surface area contributed by atoms with Crippen LogP contribution in [0.4, 0.5) is 5.82 Å². The normalized spacial score (nSPS) is 22.1. The van der Waals surface area contributed by atoms with Gasteiger partial charge in [-0.3, -0.25) is 0 Å². The maximum atomic E-state index is 5.96. The Balaban J connectivity index is 2.03. The standard InChI is InChI=1S/C16H27N3/c1-3-5-14-6-4-10-19(11-8-14)16-12-15(13(2)17)7-9-18-16/h7,9,12-14H,3-6,8,10-11,17H2,1-2H3. The van der Waals surface area contributed by atoms with E-state index < -0.39 is 0 Å². The van der Waals surface area contributed by atoms with E-state index >= 15 is 0 Å². The van der Waals surface area contributed by atoms with Crippen molar-refractivity contribution >= 4 is 5.82 Å². The zero-order chi connectivity index (χ0) is 13.7. The summed E-state index contributed by atoms with van der Waals surface area (Å²) in [6, 6.07) is 4.26. The molecule has 3 heteroatoms.